The van der Waals surface area contributed by atoms with Crippen molar-refractivity contribution < 1.29 is 14.0 Å². The first-order valence-electron chi connectivity index (χ1n) is 10.0. The lowest BCUT2D eigenvalue weighted by Gasteiger charge is -2.30. The summed E-state index contributed by atoms with van der Waals surface area (Å²) >= 11 is 0. The first-order valence-corrected chi connectivity index (χ1v) is 10.0. The Morgan fingerprint density at radius 1 is 0.967 bits per heavy atom. The van der Waals surface area contributed by atoms with Gasteiger partial charge in [-0.05, 0) is 56.4 Å². The number of likely N-dealkylation sites (tertiary alicyclic amines) is 1. The Balaban J connectivity index is 1.92. The summed E-state index contributed by atoms with van der Waals surface area (Å²) in [7, 11) is 3.85. The number of ketones is 1. The minimum absolute atomic E-state index is 0.0102. The lowest BCUT2D eigenvalue weighted by molar-refractivity contribution is -0.131. The van der Waals surface area contributed by atoms with Crippen molar-refractivity contribution in [3.05, 3.63) is 82.2 Å². The SMILES string of the molecule is Cc1ccc(/C=C2\CN(C(=O)CCN(C)C)C/C(=C\c3ccc(F)cc3)C2=O)cc1. The van der Waals surface area contributed by atoms with Crippen LogP contribution in [0.25, 0.3) is 12.2 Å². The summed E-state index contributed by atoms with van der Waals surface area (Å²) in [6, 6.07) is 13.9. The van der Waals surface area contributed by atoms with Crippen LogP contribution in [0.1, 0.15) is 23.1 Å². The van der Waals surface area contributed by atoms with Crippen LogP contribution in [0.15, 0.2) is 59.7 Å². The molecule has 1 aliphatic rings. The number of hydrogen-bond acceptors (Lipinski definition) is 3. The van der Waals surface area contributed by atoms with Crippen LogP contribution in [0.5, 0.6) is 0 Å². The van der Waals surface area contributed by atoms with Gasteiger partial charge >= 0.3 is 0 Å². The molecule has 5 heteroatoms. The maximum absolute atomic E-state index is 13.2. The molecule has 4 nitrogen and oxygen atoms in total. The molecule has 0 spiro atoms. The average Bonchev–Trinajstić information content (AvgIpc) is 2.72. The number of aryl methyl sites for hydroxylation is 1. The molecule has 0 N–H and O–H groups in total. The second-order valence-electron chi connectivity index (χ2n) is 7.93. The molecule has 1 aliphatic heterocycles. The molecule has 0 atom stereocenters. The number of Topliss-reactive ketones (excluding diaryl/α,β-unsaturated/α-hetero) is 1. The predicted octanol–water partition coefficient (Wildman–Crippen LogP) is 3.96. The van der Waals surface area contributed by atoms with Gasteiger partial charge < -0.3 is 9.80 Å². The summed E-state index contributed by atoms with van der Waals surface area (Å²) in [4.78, 5) is 29.6. The summed E-state index contributed by atoms with van der Waals surface area (Å²) in [5.41, 5.74) is 3.91. The van der Waals surface area contributed by atoms with E-state index < -0.39 is 0 Å². The van der Waals surface area contributed by atoms with Gasteiger partial charge in [0, 0.05) is 37.2 Å². The van der Waals surface area contributed by atoms with Crippen molar-refractivity contribution >= 4 is 23.8 Å². The number of halogens is 1. The van der Waals surface area contributed by atoms with Crippen LogP contribution in [-0.4, -0.2) is 55.2 Å². The van der Waals surface area contributed by atoms with Crippen LogP contribution in [0.2, 0.25) is 0 Å². The van der Waals surface area contributed by atoms with Gasteiger partial charge in [-0.1, -0.05) is 42.0 Å². The molecule has 1 heterocycles. The fourth-order valence-corrected chi connectivity index (χ4v) is 3.32. The fraction of sp³-hybridized carbons (Fsp3) is 0.280. The number of benzene rings is 2. The Morgan fingerprint density at radius 2 is 1.47 bits per heavy atom. The van der Waals surface area contributed by atoms with Gasteiger partial charge in [0.2, 0.25) is 5.91 Å². The van der Waals surface area contributed by atoms with Crippen molar-refractivity contribution in [2.45, 2.75) is 13.3 Å². The maximum atomic E-state index is 13.2. The van der Waals surface area contributed by atoms with Crippen molar-refractivity contribution in [2.24, 2.45) is 0 Å². The molecule has 0 bridgehead atoms. The van der Waals surface area contributed by atoms with Crippen LogP contribution >= 0.6 is 0 Å². The van der Waals surface area contributed by atoms with Crippen molar-refractivity contribution in [1.82, 2.24) is 9.80 Å². The second-order valence-corrected chi connectivity index (χ2v) is 7.93. The Bertz CT molecular complexity index is 906. The maximum Gasteiger partial charge on any atom is 0.224 e. The molecule has 0 aliphatic carbocycles. The summed E-state index contributed by atoms with van der Waals surface area (Å²) < 4.78 is 13.2. The molecule has 156 valence electrons. The van der Waals surface area contributed by atoms with E-state index in [1.807, 2.05) is 56.3 Å². The Hall–Kier alpha value is -3.05. The highest BCUT2D eigenvalue weighted by molar-refractivity contribution is 6.15. The number of rotatable bonds is 5. The third kappa shape index (κ3) is 5.74. The Labute approximate surface area is 177 Å². The molecule has 2 aromatic carbocycles. The molecular formula is C25H27FN2O2. The third-order valence-electron chi connectivity index (χ3n) is 5.06. The third-order valence-corrected chi connectivity index (χ3v) is 5.06. The van der Waals surface area contributed by atoms with E-state index >= 15 is 0 Å². The Morgan fingerprint density at radius 3 is 1.97 bits per heavy atom. The number of nitrogens with zero attached hydrogens (tertiary/aromatic N) is 2. The molecule has 1 saturated heterocycles. The van der Waals surface area contributed by atoms with Crippen LogP contribution in [0.3, 0.4) is 0 Å². The molecule has 3 rings (SSSR count). The standard InChI is InChI=1S/C25H27FN2O2/c1-18-4-6-19(7-5-18)14-21-16-28(24(29)12-13-27(2)3)17-22(25(21)30)15-20-8-10-23(26)11-9-20/h4-11,14-15H,12-13,16-17H2,1-3H3/b21-14+,22-15+. The van der Waals surface area contributed by atoms with Gasteiger partial charge in [-0.3, -0.25) is 9.59 Å². The number of amides is 1. The van der Waals surface area contributed by atoms with Crippen molar-refractivity contribution in [1.29, 1.82) is 0 Å². The van der Waals surface area contributed by atoms with E-state index in [4.69, 9.17) is 0 Å². The first kappa shape index (κ1) is 21.7. The zero-order chi connectivity index (χ0) is 21.7. The molecule has 0 saturated carbocycles. The van der Waals surface area contributed by atoms with E-state index in [-0.39, 0.29) is 24.1 Å². The number of hydrogen-bond donors (Lipinski definition) is 0. The number of piperidine rings is 1. The predicted molar refractivity (Wildman–Crippen MR) is 118 cm³/mol. The molecule has 0 unspecified atom stereocenters. The normalized spacial score (nSPS) is 17.2. The number of carbonyl (C=O) groups excluding carboxylic acids is 2. The summed E-state index contributed by atoms with van der Waals surface area (Å²) in [5.74, 6) is -0.389. The van der Waals surface area contributed by atoms with E-state index in [2.05, 4.69) is 0 Å². The van der Waals surface area contributed by atoms with Gasteiger partial charge in [0.1, 0.15) is 5.82 Å². The van der Waals surface area contributed by atoms with Gasteiger partial charge in [0.15, 0.2) is 5.78 Å². The smallest absolute Gasteiger partial charge is 0.224 e. The van der Waals surface area contributed by atoms with Gasteiger partial charge in [0.25, 0.3) is 0 Å². The van der Waals surface area contributed by atoms with Crippen molar-refractivity contribution in [2.75, 3.05) is 33.7 Å². The summed E-state index contributed by atoms with van der Waals surface area (Å²) in [5, 5.41) is 0. The first-order chi connectivity index (χ1) is 14.3. The number of carbonyl (C=O) groups is 2. The fourth-order valence-electron chi connectivity index (χ4n) is 3.32. The lowest BCUT2D eigenvalue weighted by atomic mass is 9.94. The van der Waals surface area contributed by atoms with Gasteiger partial charge in [-0.2, -0.15) is 0 Å². The van der Waals surface area contributed by atoms with Crippen LogP contribution < -0.4 is 0 Å². The van der Waals surface area contributed by atoms with E-state index in [9.17, 15) is 14.0 Å². The molecule has 0 aromatic heterocycles. The highest BCUT2D eigenvalue weighted by Gasteiger charge is 2.28. The Kier molecular flexibility index (Phi) is 6.95. The van der Waals surface area contributed by atoms with Crippen molar-refractivity contribution in [3.8, 4) is 0 Å². The zero-order valence-electron chi connectivity index (χ0n) is 17.7. The minimum Gasteiger partial charge on any atom is -0.334 e. The average molecular weight is 407 g/mol. The quantitative estimate of drug-likeness (QED) is 0.706. The summed E-state index contributed by atoms with van der Waals surface area (Å²) in [6.07, 6.45) is 3.99. The monoisotopic (exact) mass is 406 g/mol. The molecule has 2 aromatic rings. The molecule has 1 fully saturated rings. The van der Waals surface area contributed by atoms with Gasteiger partial charge in [0.05, 0.1) is 0 Å². The topological polar surface area (TPSA) is 40.6 Å². The molecular weight excluding hydrogens is 379 g/mol. The van der Waals surface area contributed by atoms with E-state index in [1.165, 1.54) is 12.1 Å². The highest BCUT2D eigenvalue weighted by Crippen LogP contribution is 2.23. The summed E-state index contributed by atoms with van der Waals surface area (Å²) in [6.45, 7) is 3.21. The lowest BCUT2D eigenvalue weighted by Crippen LogP contribution is -2.42. The van der Waals surface area contributed by atoms with Crippen LogP contribution in [0.4, 0.5) is 4.39 Å². The minimum atomic E-state index is -0.326. The van der Waals surface area contributed by atoms with Crippen LogP contribution in [0, 0.1) is 12.7 Å². The van der Waals surface area contributed by atoms with E-state index in [0.717, 1.165) is 16.7 Å². The molecule has 30 heavy (non-hydrogen) atoms. The van der Waals surface area contributed by atoms with E-state index in [1.54, 1.807) is 23.1 Å². The molecule has 1 amide bonds. The van der Waals surface area contributed by atoms with Gasteiger partial charge in [-0.25, -0.2) is 4.39 Å². The zero-order valence-corrected chi connectivity index (χ0v) is 17.7. The van der Waals surface area contributed by atoms with Gasteiger partial charge in [-0.15, -0.1) is 0 Å². The largest absolute Gasteiger partial charge is 0.334 e. The second kappa shape index (κ2) is 9.63. The van der Waals surface area contributed by atoms with Crippen molar-refractivity contribution in [3.63, 3.8) is 0 Å². The highest BCUT2D eigenvalue weighted by atomic mass is 19.1. The van der Waals surface area contributed by atoms with Crippen LogP contribution in [-0.2, 0) is 9.59 Å². The van der Waals surface area contributed by atoms with E-state index in [0.29, 0.717) is 30.7 Å². The molecule has 0 radical (unpaired) electrons.